The zero-order chi connectivity index (χ0) is 32.7. The summed E-state index contributed by atoms with van der Waals surface area (Å²) in [4.78, 5) is 22.9. The third-order valence-electron chi connectivity index (χ3n) is 6.41. The summed E-state index contributed by atoms with van der Waals surface area (Å²) in [6, 6.07) is 14.0. The van der Waals surface area contributed by atoms with Gasteiger partial charge in [0.2, 0.25) is 20.0 Å². The van der Waals surface area contributed by atoms with Crippen molar-refractivity contribution in [3.8, 4) is 23.0 Å². The van der Waals surface area contributed by atoms with E-state index in [9.17, 15) is 36.6 Å². The molecular formula is C28H32N2O12S2. The molecule has 0 aliphatic carbocycles. The second kappa shape index (κ2) is 14.4. The molecule has 2 N–H and O–H groups in total. The van der Waals surface area contributed by atoms with E-state index in [2.05, 4.69) is 0 Å². The molecule has 3 rings (SSSR count). The molecular weight excluding hydrogens is 620 g/mol. The van der Waals surface area contributed by atoms with Crippen LogP contribution in [0.25, 0.3) is 0 Å². The number of nitrogens with zero attached hydrogens (tertiary/aromatic N) is 2. The van der Waals surface area contributed by atoms with E-state index in [-0.39, 0.29) is 32.4 Å². The largest absolute Gasteiger partial charge is 0.497 e. The SMILES string of the molecule is COc1ccc(S(=O)(=O)N(CC(=O)O)Cc2ccccc2CN(CC(=O)O)S(=O)(=O)c2ccc(OC)cc2OC)c(OC)c1. The number of aliphatic carboxylic acids is 2. The number of hydrogen-bond acceptors (Lipinski definition) is 10. The van der Waals surface area contributed by atoms with E-state index in [1.807, 2.05) is 0 Å². The van der Waals surface area contributed by atoms with Crippen molar-refractivity contribution in [2.75, 3.05) is 41.5 Å². The van der Waals surface area contributed by atoms with Gasteiger partial charge in [0.25, 0.3) is 0 Å². The van der Waals surface area contributed by atoms with Crippen molar-refractivity contribution in [2.24, 2.45) is 0 Å². The van der Waals surface area contributed by atoms with Crippen molar-refractivity contribution < 1.29 is 55.6 Å². The fourth-order valence-electron chi connectivity index (χ4n) is 4.25. The zero-order valence-electron chi connectivity index (χ0n) is 24.3. The van der Waals surface area contributed by atoms with Gasteiger partial charge in [-0.15, -0.1) is 0 Å². The van der Waals surface area contributed by atoms with Crippen LogP contribution in [-0.4, -0.2) is 89.1 Å². The van der Waals surface area contributed by atoms with Crippen LogP contribution in [0.4, 0.5) is 0 Å². The molecule has 0 fully saturated rings. The lowest BCUT2D eigenvalue weighted by Gasteiger charge is -2.25. The molecule has 0 saturated carbocycles. The molecule has 0 aliphatic heterocycles. The lowest BCUT2D eigenvalue weighted by molar-refractivity contribution is -0.138. The number of benzene rings is 3. The molecule has 0 bridgehead atoms. The number of sulfonamides is 2. The highest BCUT2D eigenvalue weighted by atomic mass is 32.2. The minimum absolute atomic E-state index is 0.0832. The summed E-state index contributed by atoms with van der Waals surface area (Å²) in [5, 5.41) is 19.2. The molecule has 0 amide bonds. The molecule has 3 aromatic rings. The van der Waals surface area contributed by atoms with Crippen LogP contribution < -0.4 is 18.9 Å². The van der Waals surface area contributed by atoms with Gasteiger partial charge in [0.05, 0.1) is 28.4 Å². The van der Waals surface area contributed by atoms with Crippen molar-refractivity contribution in [2.45, 2.75) is 22.9 Å². The Balaban J connectivity index is 2.07. The fourth-order valence-corrected chi connectivity index (χ4v) is 7.26. The van der Waals surface area contributed by atoms with Crippen molar-refractivity contribution in [1.82, 2.24) is 8.61 Å². The molecule has 44 heavy (non-hydrogen) atoms. The van der Waals surface area contributed by atoms with E-state index in [1.165, 1.54) is 77.0 Å². The number of carbonyl (C=O) groups is 2. The first-order chi connectivity index (χ1) is 20.8. The molecule has 16 heteroatoms. The second-order valence-corrected chi connectivity index (χ2v) is 12.9. The van der Waals surface area contributed by atoms with E-state index in [0.717, 1.165) is 0 Å². The van der Waals surface area contributed by atoms with Gasteiger partial charge in [0.15, 0.2) is 0 Å². The number of methoxy groups -OCH3 is 4. The van der Waals surface area contributed by atoms with Crippen LogP contribution in [0, 0.1) is 0 Å². The zero-order valence-corrected chi connectivity index (χ0v) is 25.9. The van der Waals surface area contributed by atoms with Crippen molar-refractivity contribution in [1.29, 1.82) is 0 Å². The van der Waals surface area contributed by atoms with Gasteiger partial charge in [0, 0.05) is 25.2 Å². The number of ether oxygens (including phenoxy) is 4. The predicted molar refractivity (Wildman–Crippen MR) is 156 cm³/mol. The number of carboxylic acid groups (broad SMARTS) is 2. The summed E-state index contributed by atoms with van der Waals surface area (Å²) < 4.78 is 77.0. The van der Waals surface area contributed by atoms with Crippen molar-refractivity contribution >= 4 is 32.0 Å². The standard InChI is InChI=1S/C28H32N2O12S2/c1-39-21-9-11-25(23(13-21)41-3)43(35,36)29(17-27(31)32)15-19-7-5-6-8-20(19)16-30(18-28(33)34)44(37,38)26-12-10-22(40-2)14-24(26)42-4/h5-14H,15-18H2,1-4H3,(H,31,32)(H,33,34). The Morgan fingerprint density at radius 3 is 1.27 bits per heavy atom. The second-order valence-electron chi connectivity index (χ2n) is 9.14. The molecule has 0 unspecified atom stereocenters. The molecule has 3 aromatic carbocycles. The quantitative estimate of drug-likeness (QED) is 0.230. The van der Waals surface area contributed by atoms with Gasteiger partial charge in [0.1, 0.15) is 45.9 Å². The topological polar surface area (TPSA) is 186 Å². The van der Waals surface area contributed by atoms with Crippen LogP contribution >= 0.6 is 0 Å². The van der Waals surface area contributed by atoms with Crippen molar-refractivity contribution in [3.63, 3.8) is 0 Å². The van der Waals surface area contributed by atoms with Gasteiger partial charge >= 0.3 is 11.9 Å². The first-order valence-corrected chi connectivity index (χ1v) is 15.6. The number of hydrogen-bond donors (Lipinski definition) is 2. The Morgan fingerprint density at radius 2 is 0.977 bits per heavy atom. The molecule has 0 aliphatic rings. The molecule has 0 saturated heterocycles. The highest BCUT2D eigenvalue weighted by molar-refractivity contribution is 7.89. The summed E-state index contributed by atoms with van der Waals surface area (Å²) >= 11 is 0. The summed E-state index contributed by atoms with van der Waals surface area (Å²) in [7, 11) is -3.72. The average Bonchev–Trinajstić information content (AvgIpc) is 2.99. The van der Waals surface area contributed by atoms with Gasteiger partial charge in [-0.25, -0.2) is 16.8 Å². The Morgan fingerprint density at radius 1 is 0.614 bits per heavy atom. The van der Waals surface area contributed by atoms with Crippen LogP contribution in [0.2, 0.25) is 0 Å². The van der Waals surface area contributed by atoms with Gasteiger partial charge < -0.3 is 29.2 Å². The van der Waals surface area contributed by atoms with Crippen molar-refractivity contribution in [3.05, 3.63) is 71.8 Å². The molecule has 238 valence electrons. The van der Waals surface area contributed by atoms with Crippen LogP contribution in [0.3, 0.4) is 0 Å². The summed E-state index contributed by atoms with van der Waals surface area (Å²) in [5.41, 5.74) is 0.467. The molecule has 14 nitrogen and oxygen atoms in total. The van der Waals surface area contributed by atoms with Crippen LogP contribution in [0.1, 0.15) is 11.1 Å². The predicted octanol–water partition coefficient (Wildman–Crippen LogP) is 2.27. The highest BCUT2D eigenvalue weighted by Gasteiger charge is 2.33. The average molecular weight is 653 g/mol. The number of rotatable bonds is 16. The Labute approximate surface area is 255 Å². The molecule has 0 spiro atoms. The maximum absolute atomic E-state index is 13.7. The molecule has 0 heterocycles. The van der Waals surface area contributed by atoms with E-state index < -0.39 is 58.2 Å². The lowest BCUT2D eigenvalue weighted by atomic mass is 10.1. The van der Waals surface area contributed by atoms with Gasteiger partial charge in [-0.2, -0.15) is 8.61 Å². The monoisotopic (exact) mass is 652 g/mol. The molecule has 0 atom stereocenters. The lowest BCUT2D eigenvalue weighted by Crippen LogP contribution is -2.37. The van der Waals surface area contributed by atoms with E-state index in [4.69, 9.17) is 18.9 Å². The van der Waals surface area contributed by atoms with E-state index in [0.29, 0.717) is 20.1 Å². The molecule has 0 radical (unpaired) electrons. The minimum Gasteiger partial charge on any atom is -0.497 e. The molecule has 0 aromatic heterocycles. The van der Waals surface area contributed by atoms with Gasteiger partial charge in [-0.1, -0.05) is 24.3 Å². The Hall–Kier alpha value is -4.38. The summed E-state index contributed by atoms with van der Waals surface area (Å²) in [6.07, 6.45) is 0. The minimum atomic E-state index is -4.50. The first kappa shape index (κ1) is 34.1. The Kier molecular flexibility index (Phi) is 11.2. The van der Waals surface area contributed by atoms with Crippen LogP contribution in [-0.2, 0) is 42.7 Å². The van der Waals surface area contributed by atoms with E-state index in [1.54, 1.807) is 12.1 Å². The summed E-state index contributed by atoms with van der Waals surface area (Å²) in [6.45, 7) is -2.86. The summed E-state index contributed by atoms with van der Waals surface area (Å²) in [5.74, 6) is -2.44. The number of carboxylic acids is 2. The van der Waals surface area contributed by atoms with Gasteiger partial charge in [-0.05, 0) is 35.4 Å². The van der Waals surface area contributed by atoms with Crippen LogP contribution in [0.15, 0.2) is 70.5 Å². The third kappa shape index (κ3) is 7.76. The smallest absolute Gasteiger partial charge is 0.318 e. The Bertz CT molecular complexity index is 1600. The fraction of sp³-hybridized carbons (Fsp3) is 0.286. The third-order valence-corrected chi connectivity index (χ3v) is 10.1. The normalized spacial score (nSPS) is 11.8. The van der Waals surface area contributed by atoms with Crippen LogP contribution in [0.5, 0.6) is 23.0 Å². The highest BCUT2D eigenvalue weighted by Crippen LogP contribution is 2.33. The first-order valence-electron chi connectivity index (χ1n) is 12.7. The maximum atomic E-state index is 13.7. The van der Waals surface area contributed by atoms with Gasteiger partial charge in [-0.3, -0.25) is 9.59 Å². The van der Waals surface area contributed by atoms with E-state index >= 15 is 0 Å². The maximum Gasteiger partial charge on any atom is 0.318 e.